The average molecular weight is 235 g/mol. The Labute approximate surface area is 103 Å². The Balaban J connectivity index is 1.84. The molecule has 1 saturated heterocycles. The predicted octanol–water partition coefficient (Wildman–Crippen LogP) is 1.92. The van der Waals surface area contributed by atoms with Crippen LogP contribution in [0.15, 0.2) is 22.1 Å². The maximum Gasteiger partial charge on any atom is 0.148 e. The molecule has 0 aromatic rings. The first-order chi connectivity index (χ1) is 8.38. The molecule has 0 saturated carbocycles. The molecule has 0 bridgehead atoms. The van der Waals surface area contributed by atoms with Gasteiger partial charge in [0.25, 0.3) is 0 Å². The van der Waals surface area contributed by atoms with Crippen molar-refractivity contribution in [1.29, 1.82) is 0 Å². The van der Waals surface area contributed by atoms with Gasteiger partial charge in [-0.15, -0.1) is 0 Å². The van der Waals surface area contributed by atoms with Crippen molar-refractivity contribution in [3.8, 4) is 0 Å². The van der Waals surface area contributed by atoms with Gasteiger partial charge in [-0.3, -0.25) is 5.32 Å². The molecule has 2 aliphatic rings. The molecule has 17 heavy (non-hydrogen) atoms. The Bertz CT molecular complexity index is 317. The van der Waals surface area contributed by atoms with Crippen LogP contribution in [-0.4, -0.2) is 37.5 Å². The van der Waals surface area contributed by atoms with E-state index in [1.165, 1.54) is 0 Å². The van der Waals surface area contributed by atoms with Crippen LogP contribution >= 0.6 is 0 Å². The van der Waals surface area contributed by atoms with Crippen LogP contribution in [0.25, 0.3) is 0 Å². The molecule has 94 valence electrons. The van der Waals surface area contributed by atoms with Crippen molar-refractivity contribution in [2.24, 2.45) is 9.98 Å². The van der Waals surface area contributed by atoms with Crippen molar-refractivity contribution in [3.05, 3.63) is 12.2 Å². The number of nitrogens with zero attached hydrogens (tertiary/aromatic N) is 2. The smallest absolute Gasteiger partial charge is 0.148 e. The minimum atomic E-state index is 0.167. The number of nitrogens with one attached hydrogen (secondary N) is 1. The second kappa shape index (κ2) is 6.67. The van der Waals surface area contributed by atoms with Gasteiger partial charge in [-0.25, -0.2) is 9.98 Å². The third-order valence-corrected chi connectivity index (χ3v) is 2.92. The highest BCUT2D eigenvalue weighted by molar-refractivity contribution is 5.99. The summed E-state index contributed by atoms with van der Waals surface area (Å²) in [7, 11) is 0. The summed E-state index contributed by atoms with van der Waals surface area (Å²) in [6.45, 7) is 3.84. The van der Waals surface area contributed by atoms with Crippen LogP contribution in [0.3, 0.4) is 0 Å². The van der Waals surface area contributed by atoms with Crippen molar-refractivity contribution in [3.63, 3.8) is 0 Å². The molecule has 0 amide bonds. The van der Waals surface area contributed by atoms with E-state index in [0.29, 0.717) is 6.04 Å². The second-order valence-electron chi connectivity index (χ2n) is 4.47. The highest BCUT2D eigenvalue weighted by Gasteiger charge is 2.19. The Morgan fingerprint density at radius 3 is 3.29 bits per heavy atom. The Morgan fingerprint density at radius 1 is 1.59 bits per heavy atom. The zero-order valence-corrected chi connectivity index (χ0v) is 10.4. The Hall–Kier alpha value is -1.00. The summed E-state index contributed by atoms with van der Waals surface area (Å²) in [5.41, 5.74) is 0. The normalized spacial score (nSPS) is 28.9. The van der Waals surface area contributed by atoms with Crippen LogP contribution in [0, 0.1) is 0 Å². The van der Waals surface area contributed by atoms with E-state index in [9.17, 15) is 0 Å². The lowest BCUT2D eigenvalue weighted by molar-refractivity contribution is 0.188. The number of aliphatic imine (C=N–C) groups is 2. The van der Waals surface area contributed by atoms with Crippen molar-refractivity contribution in [2.45, 2.75) is 44.8 Å². The van der Waals surface area contributed by atoms with Gasteiger partial charge < -0.3 is 4.74 Å². The van der Waals surface area contributed by atoms with Crippen LogP contribution in [0.1, 0.15) is 32.6 Å². The van der Waals surface area contributed by atoms with E-state index in [-0.39, 0.29) is 6.17 Å². The van der Waals surface area contributed by atoms with E-state index >= 15 is 0 Å². The molecule has 4 heteroatoms. The summed E-state index contributed by atoms with van der Waals surface area (Å²) in [6, 6.07) is 0.455. The fraction of sp³-hybridized carbons (Fsp3) is 0.692. The lowest BCUT2D eigenvalue weighted by Crippen LogP contribution is -2.39. The number of ether oxygens (including phenoxy) is 1. The zero-order valence-electron chi connectivity index (χ0n) is 10.4. The zero-order chi connectivity index (χ0) is 11.9. The van der Waals surface area contributed by atoms with E-state index < -0.39 is 0 Å². The number of hydrogen-bond donors (Lipinski definition) is 1. The van der Waals surface area contributed by atoms with Crippen LogP contribution in [0.4, 0.5) is 0 Å². The minimum absolute atomic E-state index is 0.167. The molecule has 2 unspecified atom stereocenters. The first-order valence-corrected chi connectivity index (χ1v) is 6.49. The number of rotatable bonds is 5. The Kier molecular flexibility index (Phi) is 4.88. The number of amidine groups is 1. The van der Waals surface area contributed by atoms with Gasteiger partial charge in [0.05, 0.1) is 6.61 Å². The lowest BCUT2D eigenvalue weighted by Gasteiger charge is -2.19. The molecule has 2 rings (SSSR count). The molecular formula is C13H21N3O. The van der Waals surface area contributed by atoms with E-state index in [0.717, 1.165) is 44.7 Å². The minimum Gasteiger partial charge on any atom is -0.380 e. The molecule has 1 N–H and O–H groups in total. The van der Waals surface area contributed by atoms with E-state index in [1.54, 1.807) is 0 Å². The van der Waals surface area contributed by atoms with Crippen LogP contribution in [0.2, 0.25) is 0 Å². The maximum absolute atomic E-state index is 5.35. The number of allylic oxidation sites excluding steroid dienone is 1. The second-order valence-corrected chi connectivity index (χ2v) is 4.47. The van der Waals surface area contributed by atoms with Gasteiger partial charge in [-0.05, 0) is 18.9 Å². The van der Waals surface area contributed by atoms with Crippen molar-refractivity contribution >= 4 is 12.1 Å². The first kappa shape index (κ1) is 12.5. The largest absolute Gasteiger partial charge is 0.380 e. The topological polar surface area (TPSA) is 46.0 Å². The van der Waals surface area contributed by atoms with E-state index in [1.807, 2.05) is 12.3 Å². The van der Waals surface area contributed by atoms with Crippen LogP contribution in [0.5, 0.6) is 0 Å². The summed E-state index contributed by atoms with van der Waals surface area (Å²) in [5, 5.41) is 3.50. The molecule has 1 fully saturated rings. The average Bonchev–Trinajstić information content (AvgIpc) is 2.83. The van der Waals surface area contributed by atoms with Gasteiger partial charge >= 0.3 is 0 Å². The van der Waals surface area contributed by atoms with Gasteiger partial charge in [-0.1, -0.05) is 19.4 Å². The van der Waals surface area contributed by atoms with Crippen molar-refractivity contribution in [2.75, 3.05) is 13.2 Å². The third kappa shape index (κ3) is 4.06. The van der Waals surface area contributed by atoms with Gasteiger partial charge in [0.1, 0.15) is 12.0 Å². The molecule has 2 atom stereocenters. The summed E-state index contributed by atoms with van der Waals surface area (Å²) < 4.78 is 5.35. The van der Waals surface area contributed by atoms with E-state index in [2.05, 4.69) is 28.3 Å². The van der Waals surface area contributed by atoms with Crippen LogP contribution < -0.4 is 5.32 Å². The number of hydrogen-bond acceptors (Lipinski definition) is 4. The van der Waals surface area contributed by atoms with Gasteiger partial charge in [0.2, 0.25) is 0 Å². The van der Waals surface area contributed by atoms with Crippen molar-refractivity contribution < 1.29 is 4.74 Å². The lowest BCUT2D eigenvalue weighted by atomic mass is 10.2. The van der Waals surface area contributed by atoms with Crippen molar-refractivity contribution in [1.82, 2.24) is 5.32 Å². The van der Waals surface area contributed by atoms with Gasteiger partial charge in [0, 0.05) is 25.3 Å². The van der Waals surface area contributed by atoms with Crippen LogP contribution in [-0.2, 0) is 4.74 Å². The maximum atomic E-state index is 5.35. The van der Waals surface area contributed by atoms with Gasteiger partial charge in [-0.2, -0.15) is 0 Å². The summed E-state index contributed by atoms with van der Waals surface area (Å²) in [4.78, 5) is 8.88. The molecular weight excluding hydrogens is 214 g/mol. The fourth-order valence-electron chi connectivity index (χ4n) is 1.98. The van der Waals surface area contributed by atoms with E-state index in [4.69, 9.17) is 4.74 Å². The summed E-state index contributed by atoms with van der Waals surface area (Å²) >= 11 is 0. The fourth-order valence-corrected chi connectivity index (χ4v) is 1.98. The predicted molar refractivity (Wildman–Crippen MR) is 70.7 cm³/mol. The monoisotopic (exact) mass is 235 g/mol. The molecule has 2 aliphatic heterocycles. The molecule has 0 aromatic carbocycles. The molecule has 0 aliphatic carbocycles. The third-order valence-electron chi connectivity index (χ3n) is 2.92. The van der Waals surface area contributed by atoms with Gasteiger partial charge in [0.15, 0.2) is 0 Å². The highest BCUT2D eigenvalue weighted by atomic mass is 16.5. The number of unbranched alkanes of at least 4 members (excludes halogenated alkanes) is 1. The summed E-state index contributed by atoms with van der Waals surface area (Å²) in [5.74, 6) is 0.834. The SMILES string of the molecule is CCC/C=C/C1=NC(NC2CCOC2)CC=N1. The molecule has 2 heterocycles. The molecule has 0 aromatic heterocycles. The molecule has 0 spiro atoms. The standard InChI is InChI=1S/C13H21N3O/c1-2-3-4-5-12-14-8-6-13(16-12)15-11-7-9-17-10-11/h4-5,8,11,13,15H,2-3,6-7,9-10H2,1H3/b5-4+. The highest BCUT2D eigenvalue weighted by Crippen LogP contribution is 2.08. The molecule has 0 radical (unpaired) electrons. The summed E-state index contributed by atoms with van der Waals surface area (Å²) in [6.07, 6.45) is 10.5. The molecule has 4 nitrogen and oxygen atoms in total. The first-order valence-electron chi connectivity index (χ1n) is 6.49. The Morgan fingerprint density at radius 2 is 2.53 bits per heavy atom. The quantitative estimate of drug-likeness (QED) is 0.791.